The molecule has 30 heavy (non-hydrogen) atoms. The molecule has 0 amide bonds. The van der Waals surface area contributed by atoms with Gasteiger partial charge in [0.1, 0.15) is 5.69 Å². The van der Waals surface area contributed by atoms with E-state index in [0.29, 0.717) is 36.0 Å². The van der Waals surface area contributed by atoms with Gasteiger partial charge in [0.15, 0.2) is 11.5 Å². The smallest absolute Gasteiger partial charge is 0.423 e. The molecule has 1 fully saturated rings. The number of piperidine rings is 1. The van der Waals surface area contributed by atoms with E-state index in [4.69, 9.17) is 4.42 Å². The maximum Gasteiger partial charge on any atom is 0.433 e. The van der Waals surface area contributed by atoms with Crippen molar-refractivity contribution in [2.45, 2.75) is 32.0 Å². The van der Waals surface area contributed by atoms with E-state index in [-0.39, 0.29) is 17.8 Å². The van der Waals surface area contributed by atoms with Crippen LogP contribution in [0.4, 0.5) is 30.8 Å². The molecule has 0 bridgehead atoms. The van der Waals surface area contributed by atoms with Crippen molar-refractivity contribution in [1.82, 2.24) is 15.0 Å². The Balaban J connectivity index is 1.55. The second-order valence-electron chi connectivity index (χ2n) is 6.92. The number of nitrogens with zero attached hydrogens (tertiary/aromatic N) is 4. The Labute approximate surface area is 170 Å². The monoisotopic (exact) mass is 417 g/mol. The van der Waals surface area contributed by atoms with Crippen molar-refractivity contribution in [3.63, 3.8) is 0 Å². The van der Waals surface area contributed by atoms with Gasteiger partial charge in [-0.25, -0.2) is 15.0 Å². The van der Waals surface area contributed by atoms with Gasteiger partial charge in [-0.2, -0.15) is 13.2 Å². The Kier molecular flexibility index (Phi) is 5.15. The van der Waals surface area contributed by atoms with Crippen LogP contribution in [0.15, 0.2) is 47.1 Å². The number of halogens is 3. The minimum Gasteiger partial charge on any atom is -0.423 e. The number of alkyl halides is 3. The van der Waals surface area contributed by atoms with Gasteiger partial charge in [0, 0.05) is 30.4 Å². The highest BCUT2D eigenvalue weighted by Crippen LogP contribution is 2.31. The van der Waals surface area contributed by atoms with Crippen LogP contribution in [0.25, 0.3) is 11.3 Å². The van der Waals surface area contributed by atoms with Gasteiger partial charge in [-0.3, -0.25) is 4.79 Å². The Hall–Kier alpha value is -3.43. The minimum atomic E-state index is -4.55. The first-order valence-corrected chi connectivity index (χ1v) is 9.34. The number of Topliss-reactive ketones (excluding diaryl/α,β-unsaturated/α-hetero) is 1. The number of carbonyl (C=O) groups is 1. The van der Waals surface area contributed by atoms with Crippen molar-refractivity contribution in [1.29, 1.82) is 0 Å². The molecule has 3 aromatic rings. The summed E-state index contributed by atoms with van der Waals surface area (Å²) in [4.78, 5) is 25.4. The van der Waals surface area contributed by atoms with Gasteiger partial charge in [0.25, 0.3) is 6.01 Å². The Bertz CT molecular complexity index is 1070. The van der Waals surface area contributed by atoms with Crippen molar-refractivity contribution in [2.24, 2.45) is 0 Å². The molecule has 7 nitrogen and oxygen atoms in total. The molecular formula is C20H18F3N5O2. The van der Waals surface area contributed by atoms with Crippen LogP contribution in [0.5, 0.6) is 0 Å². The van der Waals surface area contributed by atoms with Crippen LogP contribution in [0, 0.1) is 0 Å². The molecule has 156 valence electrons. The molecule has 4 rings (SSSR count). The minimum absolute atomic E-state index is 0.147. The van der Waals surface area contributed by atoms with Crippen molar-refractivity contribution >= 4 is 23.4 Å². The van der Waals surface area contributed by atoms with Gasteiger partial charge in [-0.15, -0.1) is 0 Å². The SMILES string of the molecule is CC1C(=O)CCCN1c1ncc(-c2cccc(Nc3nccc(C(F)(F)F)n3)c2)o1. The van der Waals surface area contributed by atoms with Gasteiger partial charge >= 0.3 is 6.18 Å². The zero-order chi connectivity index (χ0) is 21.3. The van der Waals surface area contributed by atoms with Gasteiger partial charge < -0.3 is 14.6 Å². The zero-order valence-corrected chi connectivity index (χ0v) is 16.0. The molecular weight excluding hydrogens is 399 g/mol. The van der Waals surface area contributed by atoms with Crippen LogP contribution in [0.2, 0.25) is 0 Å². The molecule has 3 heterocycles. The van der Waals surface area contributed by atoms with E-state index in [2.05, 4.69) is 20.3 Å². The number of hydrogen-bond acceptors (Lipinski definition) is 7. The summed E-state index contributed by atoms with van der Waals surface area (Å²) in [7, 11) is 0. The van der Waals surface area contributed by atoms with Gasteiger partial charge in [0.05, 0.1) is 12.2 Å². The third-order valence-corrected chi connectivity index (χ3v) is 4.84. The number of oxazole rings is 1. The summed E-state index contributed by atoms with van der Waals surface area (Å²) in [5, 5.41) is 2.77. The number of nitrogens with one attached hydrogen (secondary N) is 1. The first kappa shape index (κ1) is 19.9. The molecule has 1 aromatic carbocycles. The lowest BCUT2D eigenvalue weighted by Crippen LogP contribution is -2.44. The predicted molar refractivity (Wildman–Crippen MR) is 103 cm³/mol. The van der Waals surface area contributed by atoms with Crippen molar-refractivity contribution in [3.8, 4) is 11.3 Å². The Morgan fingerprint density at radius 1 is 1.23 bits per heavy atom. The number of aromatic nitrogens is 3. The van der Waals surface area contributed by atoms with E-state index in [0.717, 1.165) is 18.7 Å². The first-order valence-electron chi connectivity index (χ1n) is 9.34. The van der Waals surface area contributed by atoms with E-state index in [1.807, 2.05) is 11.8 Å². The second kappa shape index (κ2) is 7.77. The fraction of sp³-hybridized carbons (Fsp3) is 0.300. The lowest BCUT2D eigenvalue weighted by molar-refractivity contribution is -0.141. The lowest BCUT2D eigenvalue weighted by atomic mass is 10.0. The molecule has 1 unspecified atom stereocenters. The highest BCUT2D eigenvalue weighted by Gasteiger charge is 2.33. The third-order valence-electron chi connectivity index (χ3n) is 4.84. The van der Waals surface area contributed by atoms with Crippen LogP contribution in [-0.4, -0.2) is 33.3 Å². The summed E-state index contributed by atoms with van der Waals surface area (Å²) < 4.78 is 44.4. The highest BCUT2D eigenvalue weighted by atomic mass is 19.4. The topological polar surface area (TPSA) is 84.2 Å². The van der Waals surface area contributed by atoms with E-state index in [1.165, 1.54) is 0 Å². The molecule has 2 aromatic heterocycles. The van der Waals surface area contributed by atoms with Crippen LogP contribution in [0.1, 0.15) is 25.5 Å². The fourth-order valence-corrected chi connectivity index (χ4v) is 3.25. The van der Waals surface area contributed by atoms with Crippen LogP contribution >= 0.6 is 0 Å². The number of ketones is 1. The molecule has 0 saturated carbocycles. The summed E-state index contributed by atoms with van der Waals surface area (Å²) >= 11 is 0. The largest absolute Gasteiger partial charge is 0.433 e. The standard InChI is InChI=1S/C20H18F3N5O2/c1-12-15(29)6-3-9-28(12)19-25-11-16(30-19)13-4-2-5-14(10-13)26-18-24-8-7-17(27-18)20(21,22)23/h2,4-5,7-8,10-12H,3,6,9H2,1H3,(H,24,26,27). The molecule has 1 aliphatic heterocycles. The van der Waals surface area contributed by atoms with Gasteiger partial charge in [-0.1, -0.05) is 12.1 Å². The number of rotatable bonds is 4. The van der Waals surface area contributed by atoms with Crippen LogP contribution in [-0.2, 0) is 11.0 Å². The number of anilines is 3. The zero-order valence-electron chi connectivity index (χ0n) is 16.0. The maximum absolute atomic E-state index is 12.8. The summed E-state index contributed by atoms with van der Waals surface area (Å²) in [5.74, 6) is 0.456. The molecule has 1 aliphatic rings. The summed E-state index contributed by atoms with van der Waals surface area (Å²) in [5.41, 5.74) is 0.134. The number of hydrogen-bond donors (Lipinski definition) is 1. The fourth-order valence-electron chi connectivity index (χ4n) is 3.25. The first-order chi connectivity index (χ1) is 14.3. The molecule has 1 N–H and O–H groups in total. The number of benzene rings is 1. The molecule has 10 heteroatoms. The van der Waals surface area contributed by atoms with Crippen LogP contribution < -0.4 is 10.2 Å². The summed E-state index contributed by atoms with van der Waals surface area (Å²) in [6, 6.07) is 7.76. The van der Waals surface area contributed by atoms with Gasteiger partial charge in [0.2, 0.25) is 5.95 Å². The van der Waals surface area contributed by atoms with E-state index in [1.54, 1.807) is 30.5 Å². The van der Waals surface area contributed by atoms with Crippen LogP contribution in [0.3, 0.4) is 0 Å². The molecule has 0 radical (unpaired) electrons. The Morgan fingerprint density at radius 3 is 2.87 bits per heavy atom. The quantitative estimate of drug-likeness (QED) is 0.671. The van der Waals surface area contributed by atoms with Crippen molar-refractivity contribution in [3.05, 3.63) is 48.4 Å². The average molecular weight is 417 g/mol. The molecule has 1 saturated heterocycles. The molecule has 0 spiro atoms. The van der Waals surface area contributed by atoms with E-state index < -0.39 is 11.9 Å². The van der Waals surface area contributed by atoms with Gasteiger partial charge in [-0.05, 0) is 31.5 Å². The molecule has 0 aliphatic carbocycles. The highest BCUT2D eigenvalue weighted by molar-refractivity contribution is 5.87. The maximum atomic E-state index is 12.8. The third kappa shape index (κ3) is 4.12. The summed E-state index contributed by atoms with van der Waals surface area (Å²) in [6.45, 7) is 2.51. The number of carbonyl (C=O) groups excluding carboxylic acids is 1. The second-order valence-corrected chi connectivity index (χ2v) is 6.92. The lowest BCUT2D eigenvalue weighted by Gasteiger charge is -2.30. The predicted octanol–water partition coefficient (Wildman–Crippen LogP) is 4.45. The molecule has 1 atom stereocenters. The van der Waals surface area contributed by atoms with Crippen molar-refractivity contribution in [2.75, 3.05) is 16.8 Å². The van der Waals surface area contributed by atoms with E-state index in [9.17, 15) is 18.0 Å². The summed E-state index contributed by atoms with van der Waals surface area (Å²) in [6.07, 6.45) is -0.648. The van der Waals surface area contributed by atoms with E-state index >= 15 is 0 Å². The van der Waals surface area contributed by atoms with Crippen molar-refractivity contribution < 1.29 is 22.4 Å². The normalized spacial score (nSPS) is 17.3. The average Bonchev–Trinajstić information content (AvgIpc) is 3.20. The Morgan fingerprint density at radius 2 is 2.07 bits per heavy atom.